The largest absolute Gasteiger partial charge is 0.446 e. The van der Waals surface area contributed by atoms with Gasteiger partial charge in [0.15, 0.2) is 0 Å². The minimum atomic E-state index is -0.550. The highest BCUT2D eigenvalue weighted by atomic mass is 16.6. The lowest BCUT2D eigenvalue weighted by atomic mass is 10.0. The van der Waals surface area contributed by atoms with Gasteiger partial charge in [0.2, 0.25) is 5.91 Å². The van der Waals surface area contributed by atoms with Crippen LogP contribution in [0, 0.1) is 0 Å². The Morgan fingerprint density at radius 1 is 0.786 bits per heavy atom. The average Bonchev–Trinajstić information content (AvgIpc) is 3.45. The van der Waals surface area contributed by atoms with E-state index in [-0.39, 0.29) is 24.0 Å². The number of unbranched alkanes of at least 4 members (excludes halogenated alkanes) is 2. The summed E-state index contributed by atoms with van der Waals surface area (Å²) in [6.45, 7) is 11.5. The number of likely N-dealkylation sites (N-methyl/N-ethyl adjacent to an activating group) is 1. The highest BCUT2D eigenvalue weighted by Crippen LogP contribution is 2.28. The molecule has 2 heterocycles. The van der Waals surface area contributed by atoms with Crippen LogP contribution < -0.4 is 10.6 Å². The molecule has 0 unspecified atom stereocenters. The Labute approximate surface area is 332 Å². The molecule has 2 saturated heterocycles. The molecule has 0 saturated carbocycles. The SMILES string of the molecule is CN(CCN1CCC(OC(=O)Nc2ccccc2-c2ccccc2)CC1)C(=O)CCCCCNc1ccc(C(=O)N2CCCN(C(=O)OC(C)(C)C)CC2)cc1. The minimum Gasteiger partial charge on any atom is -0.446 e. The molecule has 0 radical (unpaired) electrons. The summed E-state index contributed by atoms with van der Waals surface area (Å²) in [5.41, 5.74) is 3.74. The van der Waals surface area contributed by atoms with Crippen LogP contribution in [0.2, 0.25) is 0 Å². The normalized spacial score (nSPS) is 15.4. The van der Waals surface area contributed by atoms with Crippen molar-refractivity contribution < 1.29 is 28.7 Å². The number of ether oxygens (including phenoxy) is 2. The third kappa shape index (κ3) is 13.3. The van der Waals surface area contributed by atoms with Crippen LogP contribution in [0.3, 0.4) is 0 Å². The molecule has 2 aliphatic heterocycles. The molecule has 2 aliphatic rings. The Kier molecular flexibility index (Phi) is 15.6. The monoisotopic (exact) mass is 768 g/mol. The fraction of sp³-hybridized carbons (Fsp3) is 0.500. The maximum absolute atomic E-state index is 13.2. The molecule has 0 bridgehead atoms. The van der Waals surface area contributed by atoms with Gasteiger partial charge in [-0.05, 0) is 88.8 Å². The van der Waals surface area contributed by atoms with E-state index in [0.29, 0.717) is 51.1 Å². The van der Waals surface area contributed by atoms with Crippen LogP contribution in [0.4, 0.5) is 21.0 Å². The standard InChI is InChI=1S/C44H60N6O6/c1-44(2,3)56-43(54)50-27-13-26-49(32-33-50)41(52)35-19-21-36(22-20-35)45-25-12-6-9-18-40(51)47(4)30-31-48-28-23-37(24-29-48)55-42(53)46-39-17-11-10-16-38(39)34-14-7-5-8-15-34/h5,7-8,10-11,14-17,19-22,37,45H,6,9,12-13,18,23-33H2,1-4H3,(H,46,53). The fourth-order valence-corrected chi connectivity index (χ4v) is 6.96. The number of carbonyl (C=O) groups is 4. The predicted octanol–water partition coefficient (Wildman–Crippen LogP) is 7.58. The molecule has 0 aromatic heterocycles. The number of nitrogens with one attached hydrogen (secondary N) is 2. The second-order valence-electron chi connectivity index (χ2n) is 15.7. The zero-order valence-corrected chi connectivity index (χ0v) is 33.6. The number of anilines is 2. The summed E-state index contributed by atoms with van der Waals surface area (Å²) in [5, 5.41) is 6.36. The van der Waals surface area contributed by atoms with Gasteiger partial charge < -0.3 is 34.4 Å². The molecular weight excluding hydrogens is 709 g/mol. The van der Waals surface area contributed by atoms with E-state index in [0.717, 1.165) is 80.8 Å². The Balaban J connectivity index is 0.905. The highest BCUT2D eigenvalue weighted by molar-refractivity contribution is 5.94. The summed E-state index contributed by atoms with van der Waals surface area (Å²) in [4.78, 5) is 58.9. The maximum atomic E-state index is 13.2. The fourth-order valence-electron chi connectivity index (χ4n) is 6.96. The summed E-state index contributed by atoms with van der Waals surface area (Å²) in [6, 6.07) is 25.2. The summed E-state index contributed by atoms with van der Waals surface area (Å²) in [7, 11) is 1.87. The first-order valence-electron chi connectivity index (χ1n) is 20.1. The van der Waals surface area contributed by atoms with E-state index in [4.69, 9.17) is 9.47 Å². The first kappa shape index (κ1) is 42.1. The van der Waals surface area contributed by atoms with E-state index in [2.05, 4.69) is 15.5 Å². The number of carbonyl (C=O) groups excluding carboxylic acids is 4. The molecule has 5 rings (SSSR count). The number of likely N-dealkylation sites (tertiary alicyclic amines) is 1. The summed E-state index contributed by atoms with van der Waals surface area (Å²) in [5.74, 6) is 0.126. The molecule has 56 heavy (non-hydrogen) atoms. The van der Waals surface area contributed by atoms with Gasteiger partial charge in [0.1, 0.15) is 11.7 Å². The molecular formula is C44H60N6O6. The third-order valence-electron chi connectivity index (χ3n) is 10.2. The molecule has 12 nitrogen and oxygen atoms in total. The van der Waals surface area contributed by atoms with Crippen molar-refractivity contribution in [3.05, 3.63) is 84.4 Å². The minimum absolute atomic E-state index is 0.0323. The van der Waals surface area contributed by atoms with E-state index in [1.807, 2.05) is 116 Å². The van der Waals surface area contributed by atoms with Crippen LogP contribution in [-0.4, -0.2) is 121 Å². The molecule has 0 atom stereocenters. The summed E-state index contributed by atoms with van der Waals surface area (Å²) >= 11 is 0. The lowest BCUT2D eigenvalue weighted by Crippen LogP contribution is -2.42. The van der Waals surface area contributed by atoms with Crippen LogP contribution >= 0.6 is 0 Å². The van der Waals surface area contributed by atoms with Gasteiger partial charge in [-0.15, -0.1) is 0 Å². The molecule has 4 amide bonds. The average molecular weight is 769 g/mol. The molecule has 302 valence electrons. The van der Waals surface area contributed by atoms with Crippen molar-refractivity contribution in [2.45, 2.75) is 77.4 Å². The predicted molar refractivity (Wildman–Crippen MR) is 221 cm³/mol. The smallest absolute Gasteiger partial charge is 0.411 e. The molecule has 3 aromatic carbocycles. The quantitative estimate of drug-likeness (QED) is 0.161. The Morgan fingerprint density at radius 2 is 1.46 bits per heavy atom. The molecule has 3 aromatic rings. The van der Waals surface area contributed by atoms with Crippen LogP contribution in [0.1, 0.15) is 76.1 Å². The Bertz CT molecular complexity index is 1720. The van der Waals surface area contributed by atoms with Crippen molar-refractivity contribution in [1.29, 1.82) is 0 Å². The van der Waals surface area contributed by atoms with Crippen molar-refractivity contribution in [3.63, 3.8) is 0 Å². The molecule has 0 spiro atoms. The van der Waals surface area contributed by atoms with Crippen molar-refractivity contribution in [2.75, 3.05) is 76.6 Å². The second-order valence-corrected chi connectivity index (χ2v) is 15.7. The highest BCUT2D eigenvalue weighted by Gasteiger charge is 2.27. The number of amides is 4. The van der Waals surface area contributed by atoms with Gasteiger partial charge in [0, 0.05) is 89.2 Å². The van der Waals surface area contributed by atoms with Crippen LogP contribution in [0.5, 0.6) is 0 Å². The van der Waals surface area contributed by atoms with E-state index in [9.17, 15) is 19.2 Å². The number of para-hydroxylation sites is 1. The van der Waals surface area contributed by atoms with Gasteiger partial charge in [-0.3, -0.25) is 14.9 Å². The second kappa shape index (κ2) is 20.7. The first-order valence-corrected chi connectivity index (χ1v) is 20.1. The van der Waals surface area contributed by atoms with Crippen molar-refractivity contribution >= 4 is 35.4 Å². The number of nitrogens with zero attached hydrogens (tertiary/aromatic N) is 4. The van der Waals surface area contributed by atoms with Crippen molar-refractivity contribution in [2.24, 2.45) is 0 Å². The number of hydrogen-bond acceptors (Lipinski definition) is 8. The number of hydrogen-bond donors (Lipinski definition) is 2. The zero-order chi connectivity index (χ0) is 39.9. The molecule has 0 aliphatic carbocycles. The third-order valence-corrected chi connectivity index (χ3v) is 10.2. The van der Waals surface area contributed by atoms with Gasteiger partial charge in [0.25, 0.3) is 5.91 Å². The number of piperidine rings is 1. The van der Waals surface area contributed by atoms with Crippen LogP contribution in [0.15, 0.2) is 78.9 Å². The van der Waals surface area contributed by atoms with Gasteiger partial charge in [-0.1, -0.05) is 55.0 Å². The first-order chi connectivity index (χ1) is 26.9. The number of rotatable bonds is 14. The Hall–Kier alpha value is -5.10. The van der Waals surface area contributed by atoms with Gasteiger partial charge in [-0.2, -0.15) is 0 Å². The van der Waals surface area contributed by atoms with Crippen molar-refractivity contribution in [1.82, 2.24) is 19.6 Å². The molecule has 2 N–H and O–H groups in total. The summed E-state index contributed by atoms with van der Waals surface area (Å²) in [6.07, 6.45) is 4.57. The lowest BCUT2D eigenvalue weighted by Gasteiger charge is -2.32. The maximum Gasteiger partial charge on any atom is 0.411 e. The molecule has 2 fully saturated rings. The van der Waals surface area contributed by atoms with Gasteiger partial charge >= 0.3 is 12.2 Å². The molecule has 12 heteroatoms. The topological polar surface area (TPSA) is 124 Å². The van der Waals surface area contributed by atoms with Crippen molar-refractivity contribution in [3.8, 4) is 11.1 Å². The summed E-state index contributed by atoms with van der Waals surface area (Å²) < 4.78 is 11.3. The van der Waals surface area contributed by atoms with Gasteiger partial charge in [-0.25, -0.2) is 9.59 Å². The van der Waals surface area contributed by atoms with E-state index >= 15 is 0 Å². The van der Waals surface area contributed by atoms with E-state index < -0.39 is 11.7 Å². The Morgan fingerprint density at radius 3 is 2.20 bits per heavy atom. The zero-order valence-electron chi connectivity index (χ0n) is 33.6. The van der Waals surface area contributed by atoms with E-state index in [1.54, 1.807) is 4.90 Å². The van der Waals surface area contributed by atoms with Crippen LogP contribution in [-0.2, 0) is 14.3 Å². The van der Waals surface area contributed by atoms with Gasteiger partial charge in [0.05, 0.1) is 5.69 Å². The number of benzene rings is 3. The van der Waals surface area contributed by atoms with Crippen LogP contribution in [0.25, 0.3) is 11.1 Å². The lowest BCUT2D eigenvalue weighted by molar-refractivity contribution is -0.130. The van der Waals surface area contributed by atoms with E-state index in [1.165, 1.54) is 0 Å².